The minimum atomic E-state index is 0.664. The molecular weight excluding hydrogens is 711 g/mol. The lowest BCUT2D eigenvalue weighted by Crippen LogP contribution is -1.96. The van der Waals surface area contributed by atoms with E-state index >= 15 is 0 Å². The van der Waals surface area contributed by atoms with Gasteiger partial charge in [0.15, 0.2) is 5.82 Å². The van der Waals surface area contributed by atoms with Crippen LogP contribution < -0.4 is 0 Å². The molecule has 0 aliphatic carbocycles. The van der Waals surface area contributed by atoms with E-state index in [9.17, 15) is 0 Å². The molecule has 0 spiro atoms. The Morgan fingerprint density at radius 3 is 1.72 bits per heavy atom. The third-order valence-corrected chi connectivity index (χ3v) is 11.3. The third kappa shape index (κ3) is 5.07. The monoisotopic (exact) mass is 741 g/mol. The standard InChI is InChI=1S/C53H31N3O2/c1-4-14-32(15-5-1)43-31-45(56-53(55-43)34-18-8-3-9-19-34)40-24-13-23-38-37-22-12-21-36(51(37)58-52(38)40)35-26-27-39-44(30-35)54-50(33-16-6-2-7-17-33)42-28-29-47-49(48(39)42)41-20-10-11-25-46(41)57-47/h1-31H. The molecule has 5 heteroatoms. The quantitative estimate of drug-likeness (QED) is 0.164. The molecule has 5 nitrogen and oxygen atoms in total. The highest BCUT2D eigenvalue weighted by molar-refractivity contribution is 6.28. The van der Waals surface area contributed by atoms with Crippen LogP contribution in [-0.2, 0) is 0 Å². The average Bonchev–Trinajstić information content (AvgIpc) is 3.88. The van der Waals surface area contributed by atoms with E-state index in [-0.39, 0.29) is 0 Å². The van der Waals surface area contributed by atoms with Crippen molar-refractivity contribution in [3.8, 4) is 56.3 Å². The molecule has 0 aliphatic heterocycles. The number of nitrogens with zero attached hydrogens (tertiary/aromatic N) is 3. The summed E-state index contributed by atoms with van der Waals surface area (Å²) in [4.78, 5) is 15.6. The summed E-state index contributed by atoms with van der Waals surface area (Å²) in [6.07, 6.45) is 0. The first-order chi connectivity index (χ1) is 28.7. The van der Waals surface area contributed by atoms with Gasteiger partial charge >= 0.3 is 0 Å². The minimum Gasteiger partial charge on any atom is -0.456 e. The fourth-order valence-corrected chi connectivity index (χ4v) is 8.60. The Morgan fingerprint density at radius 2 is 0.948 bits per heavy atom. The van der Waals surface area contributed by atoms with Crippen LogP contribution in [0.1, 0.15) is 0 Å². The molecule has 0 amide bonds. The van der Waals surface area contributed by atoms with Crippen molar-refractivity contribution in [2.75, 3.05) is 0 Å². The van der Waals surface area contributed by atoms with Gasteiger partial charge in [0.05, 0.1) is 22.6 Å². The Kier molecular flexibility index (Phi) is 7.16. The van der Waals surface area contributed by atoms with Crippen LogP contribution in [0.15, 0.2) is 197 Å². The van der Waals surface area contributed by atoms with E-state index in [0.29, 0.717) is 5.82 Å². The van der Waals surface area contributed by atoms with E-state index in [1.165, 1.54) is 0 Å². The fraction of sp³-hybridized carbons (Fsp3) is 0. The van der Waals surface area contributed by atoms with Crippen LogP contribution >= 0.6 is 0 Å². The lowest BCUT2D eigenvalue weighted by molar-refractivity contribution is 0.669. The second-order valence-electron chi connectivity index (χ2n) is 14.7. The van der Waals surface area contributed by atoms with Crippen LogP contribution in [0.3, 0.4) is 0 Å². The Morgan fingerprint density at radius 1 is 0.328 bits per heavy atom. The Hall–Kier alpha value is -7.89. The molecule has 12 aromatic rings. The third-order valence-electron chi connectivity index (χ3n) is 11.3. The number of fused-ring (bicyclic) bond motifs is 10. The highest BCUT2D eigenvalue weighted by Gasteiger charge is 2.21. The average molecular weight is 742 g/mol. The van der Waals surface area contributed by atoms with Gasteiger partial charge in [0.1, 0.15) is 22.3 Å². The lowest BCUT2D eigenvalue weighted by atomic mass is 9.94. The Bertz CT molecular complexity index is 3500. The van der Waals surface area contributed by atoms with Gasteiger partial charge in [0, 0.05) is 65.5 Å². The second kappa shape index (κ2) is 12.8. The molecule has 0 fully saturated rings. The molecule has 4 heterocycles. The van der Waals surface area contributed by atoms with Gasteiger partial charge in [-0.2, -0.15) is 0 Å². The number of furan rings is 2. The number of hydrogen-bond donors (Lipinski definition) is 0. The predicted octanol–water partition coefficient (Wildman–Crippen LogP) is 14.3. The molecule has 12 rings (SSSR count). The molecule has 4 aromatic heterocycles. The van der Waals surface area contributed by atoms with Crippen molar-refractivity contribution in [3.05, 3.63) is 188 Å². The van der Waals surface area contributed by atoms with Crippen LogP contribution in [-0.4, -0.2) is 15.0 Å². The molecule has 0 bridgehead atoms. The van der Waals surface area contributed by atoms with Gasteiger partial charge in [0.25, 0.3) is 0 Å². The molecule has 270 valence electrons. The first kappa shape index (κ1) is 32.4. The van der Waals surface area contributed by atoms with Crippen molar-refractivity contribution >= 4 is 65.6 Å². The number of aromatic nitrogens is 3. The van der Waals surface area contributed by atoms with E-state index in [4.69, 9.17) is 23.8 Å². The van der Waals surface area contributed by atoms with Gasteiger partial charge < -0.3 is 8.83 Å². The highest BCUT2D eigenvalue weighted by atomic mass is 16.3. The SMILES string of the molecule is c1ccc(-c2cc(-c3cccc4c3oc3c(-c5ccc6c(c5)nc(-c5ccccc5)c5ccc7oc8ccccc8c7c56)cccc34)nc(-c3ccccc3)n2)cc1. The largest absolute Gasteiger partial charge is 0.456 e. The summed E-state index contributed by atoms with van der Waals surface area (Å²) in [5.41, 5.74) is 12.8. The molecule has 0 aliphatic rings. The fourth-order valence-electron chi connectivity index (χ4n) is 8.60. The van der Waals surface area contributed by atoms with E-state index in [0.717, 1.165) is 116 Å². The number of benzene rings is 8. The first-order valence-corrected chi connectivity index (χ1v) is 19.4. The van der Waals surface area contributed by atoms with Crippen LogP contribution in [0.25, 0.3) is 122 Å². The molecule has 0 saturated carbocycles. The Labute approximate surface area is 332 Å². The predicted molar refractivity (Wildman–Crippen MR) is 237 cm³/mol. The zero-order valence-electron chi connectivity index (χ0n) is 31.1. The number of para-hydroxylation sites is 3. The van der Waals surface area contributed by atoms with Crippen molar-refractivity contribution in [1.82, 2.24) is 15.0 Å². The normalized spacial score (nSPS) is 11.8. The lowest BCUT2D eigenvalue weighted by Gasteiger charge is -2.12. The molecule has 0 saturated heterocycles. The van der Waals surface area contributed by atoms with Crippen LogP contribution in [0, 0.1) is 0 Å². The second-order valence-corrected chi connectivity index (χ2v) is 14.7. The molecule has 58 heavy (non-hydrogen) atoms. The number of rotatable bonds is 5. The van der Waals surface area contributed by atoms with Gasteiger partial charge in [-0.05, 0) is 42.0 Å². The maximum atomic E-state index is 6.99. The van der Waals surface area contributed by atoms with Crippen molar-refractivity contribution in [2.45, 2.75) is 0 Å². The number of pyridine rings is 1. The molecule has 0 radical (unpaired) electrons. The van der Waals surface area contributed by atoms with Crippen LogP contribution in [0.5, 0.6) is 0 Å². The van der Waals surface area contributed by atoms with Crippen molar-refractivity contribution in [1.29, 1.82) is 0 Å². The van der Waals surface area contributed by atoms with Crippen LogP contribution in [0.4, 0.5) is 0 Å². The topological polar surface area (TPSA) is 65.0 Å². The first-order valence-electron chi connectivity index (χ1n) is 19.4. The van der Waals surface area contributed by atoms with E-state index in [2.05, 4.69) is 121 Å². The summed E-state index contributed by atoms with van der Waals surface area (Å²) >= 11 is 0. The maximum absolute atomic E-state index is 6.99. The summed E-state index contributed by atoms with van der Waals surface area (Å²) < 4.78 is 13.4. The zero-order chi connectivity index (χ0) is 38.2. The van der Waals surface area contributed by atoms with Crippen molar-refractivity contribution in [3.63, 3.8) is 0 Å². The van der Waals surface area contributed by atoms with Gasteiger partial charge in [-0.25, -0.2) is 15.0 Å². The smallest absolute Gasteiger partial charge is 0.160 e. The molecule has 0 unspecified atom stereocenters. The molecule has 8 aromatic carbocycles. The molecule has 0 atom stereocenters. The summed E-state index contributed by atoms with van der Waals surface area (Å²) in [6, 6.07) is 64.7. The van der Waals surface area contributed by atoms with Gasteiger partial charge in [-0.15, -0.1) is 0 Å². The van der Waals surface area contributed by atoms with E-state index in [1.54, 1.807) is 0 Å². The van der Waals surface area contributed by atoms with Gasteiger partial charge in [-0.3, -0.25) is 0 Å². The van der Waals surface area contributed by atoms with E-state index in [1.807, 2.05) is 66.7 Å². The maximum Gasteiger partial charge on any atom is 0.160 e. The summed E-state index contributed by atoms with van der Waals surface area (Å²) in [6.45, 7) is 0. The van der Waals surface area contributed by atoms with E-state index < -0.39 is 0 Å². The molecular formula is C53H31N3O2. The van der Waals surface area contributed by atoms with Crippen LogP contribution in [0.2, 0.25) is 0 Å². The summed E-state index contributed by atoms with van der Waals surface area (Å²) in [5.74, 6) is 0.664. The van der Waals surface area contributed by atoms with Crippen molar-refractivity contribution < 1.29 is 8.83 Å². The summed E-state index contributed by atoms with van der Waals surface area (Å²) in [5, 5.41) is 7.57. The highest BCUT2D eigenvalue weighted by Crippen LogP contribution is 2.44. The summed E-state index contributed by atoms with van der Waals surface area (Å²) in [7, 11) is 0. The van der Waals surface area contributed by atoms with Gasteiger partial charge in [0.2, 0.25) is 0 Å². The molecule has 0 N–H and O–H groups in total. The number of hydrogen-bond acceptors (Lipinski definition) is 5. The Balaban J connectivity index is 1.08. The van der Waals surface area contributed by atoms with Gasteiger partial charge in [-0.1, -0.05) is 152 Å². The minimum absolute atomic E-state index is 0.664. The van der Waals surface area contributed by atoms with Crippen molar-refractivity contribution in [2.24, 2.45) is 0 Å². The zero-order valence-corrected chi connectivity index (χ0v) is 31.1.